The topological polar surface area (TPSA) is 309 Å². The Bertz CT molecular complexity index is 874. The molecule has 42 heavy (non-hydrogen) atoms. The average molecular weight is 612 g/mol. The van der Waals surface area contributed by atoms with Gasteiger partial charge in [0.2, 0.25) is 5.91 Å². The number of rotatable bonds is 21. The number of imide groups is 1. The molecule has 0 spiro atoms. The van der Waals surface area contributed by atoms with E-state index in [1.807, 2.05) is 0 Å². The Labute approximate surface area is 240 Å². The van der Waals surface area contributed by atoms with Crippen molar-refractivity contribution < 1.29 is 75.3 Å². The normalized spacial score (nSPS) is 20.1. The van der Waals surface area contributed by atoms with Crippen molar-refractivity contribution in [2.45, 2.75) is 74.1 Å². The van der Waals surface area contributed by atoms with Crippen molar-refractivity contribution in [3.63, 3.8) is 0 Å². The predicted octanol–water partition coefficient (Wildman–Crippen LogP) is -7.18. The highest BCUT2D eigenvalue weighted by Crippen LogP contribution is 2.13. The molecule has 0 radical (unpaired) electrons. The van der Waals surface area contributed by atoms with E-state index in [0.29, 0.717) is 4.90 Å². The minimum Gasteiger partial charge on any atom is -0.480 e. The Balaban J connectivity index is 2.81. The van der Waals surface area contributed by atoms with Gasteiger partial charge in [0, 0.05) is 25.2 Å². The van der Waals surface area contributed by atoms with Crippen LogP contribution in [-0.2, 0) is 19.2 Å². The Hall–Kier alpha value is -2.62. The van der Waals surface area contributed by atoms with E-state index in [2.05, 4.69) is 5.32 Å². The first kappa shape index (κ1) is 37.4. The fraction of sp³-hybridized carbons (Fsp3) is 0.750. The van der Waals surface area contributed by atoms with Gasteiger partial charge in [-0.3, -0.25) is 24.2 Å². The predicted molar refractivity (Wildman–Crippen MR) is 138 cm³/mol. The molecule has 1 heterocycles. The van der Waals surface area contributed by atoms with Crippen molar-refractivity contribution in [3.8, 4) is 0 Å². The molecule has 9 atom stereocenters. The molecule has 0 aromatic carbocycles. The van der Waals surface area contributed by atoms with Crippen LogP contribution in [0.15, 0.2) is 12.2 Å². The van der Waals surface area contributed by atoms with Crippen molar-refractivity contribution >= 4 is 23.7 Å². The van der Waals surface area contributed by atoms with Crippen LogP contribution < -0.4 is 5.32 Å². The summed E-state index contributed by atoms with van der Waals surface area (Å²) >= 11 is 0. The first-order valence-corrected chi connectivity index (χ1v) is 13.1. The molecule has 18 heteroatoms. The fourth-order valence-corrected chi connectivity index (χ4v) is 4.04. The van der Waals surface area contributed by atoms with Crippen molar-refractivity contribution in [1.29, 1.82) is 0 Å². The van der Waals surface area contributed by atoms with Crippen molar-refractivity contribution in [1.82, 2.24) is 15.1 Å². The van der Waals surface area contributed by atoms with Gasteiger partial charge in [-0.05, 0) is 25.8 Å². The number of aliphatic hydroxyl groups excluding tert-OH is 10. The Morgan fingerprint density at radius 3 is 1.57 bits per heavy atom. The zero-order chi connectivity index (χ0) is 32.1. The number of carbonyl (C=O) groups excluding carboxylic acids is 3. The third-order valence-corrected chi connectivity index (χ3v) is 6.59. The van der Waals surface area contributed by atoms with Crippen LogP contribution in [-0.4, -0.2) is 184 Å². The quantitative estimate of drug-likeness (QED) is 0.0424. The van der Waals surface area contributed by atoms with Gasteiger partial charge in [0.1, 0.15) is 49.2 Å². The van der Waals surface area contributed by atoms with Crippen LogP contribution in [0.4, 0.5) is 0 Å². The standard InChI is InChI=1S/C24H41N3O15/c28-10-15(32)22(39)20(37)13(30)7-26(8-14(31)21(38)23(40)16(33)11-29)6-2-1-3-12(24(41)42)25-17(34)9-27-18(35)4-5-19(27)36/h4-5,12-16,20-23,28-33,37-40H,1-3,6-11H2,(H,25,34)(H,41,42)/t12-,13-,14-,15+,16+,20+,21+,22+,23+/m0/s1. The van der Waals surface area contributed by atoms with E-state index in [-0.39, 0.29) is 25.8 Å². The molecule has 242 valence electrons. The number of amides is 3. The summed E-state index contributed by atoms with van der Waals surface area (Å²) < 4.78 is 0. The molecule has 12 N–H and O–H groups in total. The first-order chi connectivity index (χ1) is 19.6. The van der Waals surface area contributed by atoms with E-state index in [4.69, 9.17) is 10.2 Å². The molecule has 0 fully saturated rings. The SMILES string of the molecule is O=C(CN1C(=O)C=CC1=O)N[C@@H](CCCCN(C[C@H](O)[C@@H](O)[C@H](O)[C@H](O)CO)C[C@H](O)[C@@H](O)[C@H](O)[C@H](O)CO)C(=O)O. The van der Waals surface area contributed by atoms with Crippen LogP contribution in [0.3, 0.4) is 0 Å². The highest BCUT2D eigenvalue weighted by Gasteiger charge is 2.34. The largest absolute Gasteiger partial charge is 0.480 e. The monoisotopic (exact) mass is 611 g/mol. The maximum absolute atomic E-state index is 12.2. The highest BCUT2D eigenvalue weighted by atomic mass is 16.4. The van der Waals surface area contributed by atoms with Gasteiger partial charge in [-0.15, -0.1) is 0 Å². The Kier molecular flexibility index (Phi) is 16.2. The summed E-state index contributed by atoms with van der Waals surface area (Å²) in [6, 6.07) is -1.41. The molecule has 0 saturated carbocycles. The van der Waals surface area contributed by atoms with Crippen LogP contribution in [0.25, 0.3) is 0 Å². The fourth-order valence-electron chi connectivity index (χ4n) is 4.04. The molecule has 0 saturated heterocycles. The summed E-state index contributed by atoms with van der Waals surface area (Å²) in [7, 11) is 0. The van der Waals surface area contributed by atoms with Crippen LogP contribution in [0.2, 0.25) is 0 Å². The minimum atomic E-state index is -1.96. The number of carboxylic acids is 1. The van der Waals surface area contributed by atoms with Gasteiger partial charge in [0.15, 0.2) is 0 Å². The third kappa shape index (κ3) is 11.6. The van der Waals surface area contributed by atoms with Crippen molar-refractivity contribution in [2.24, 2.45) is 0 Å². The molecule has 1 rings (SSSR count). The van der Waals surface area contributed by atoms with Gasteiger partial charge < -0.3 is 61.5 Å². The van der Waals surface area contributed by atoms with E-state index in [1.165, 1.54) is 4.90 Å². The Morgan fingerprint density at radius 2 is 1.17 bits per heavy atom. The van der Waals surface area contributed by atoms with Gasteiger partial charge in [0.05, 0.1) is 25.4 Å². The van der Waals surface area contributed by atoms with Gasteiger partial charge in [-0.1, -0.05) is 0 Å². The number of hydrogen-bond acceptors (Lipinski definition) is 15. The van der Waals surface area contributed by atoms with E-state index < -0.39 is 111 Å². The lowest BCUT2D eigenvalue weighted by molar-refractivity contribution is -0.143. The number of carboxylic acid groups (broad SMARTS) is 1. The molecule has 0 aliphatic carbocycles. The summed E-state index contributed by atoms with van der Waals surface area (Å²) in [6.45, 7) is -3.57. The highest BCUT2D eigenvalue weighted by molar-refractivity contribution is 6.14. The van der Waals surface area contributed by atoms with Gasteiger partial charge in [-0.25, -0.2) is 4.79 Å². The number of aliphatic carboxylic acids is 1. The second-order valence-corrected chi connectivity index (χ2v) is 9.91. The number of unbranched alkanes of at least 4 members (excludes halogenated alkanes) is 1. The smallest absolute Gasteiger partial charge is 0.326 e. The lowest BCUT2D eigenvalue weighted by Crippen LogP contribution is -2.53. The van der Waals surface area contributed by atoms with E-state index in [9.17, 15) is 65.1 Å². The van der Waals surface area contributed by atoms with Gasteiger partial charge in [-0.2, -0.15) is 0 Å². The van der Waals surface area contributed by atoms with Crippen LogP contribution in [0.1, 0.15) is 19.3 Å². The molecular weight excluding hydrogens is 570 g/mol. The first-order valence-electron chi connectivity index (χ1n) is 13.1. The molecular formula is C24H41N3O15. The summed E-state index contributed by atoms with van der Waals surface area (Å²) in [5.41, 5.74) is 0. The number of nitrogens with zero attached hydrogens (tertiary/aromatic N) is 2. The summed E-state index contributed by atoms with van der Waals surface area (Å²) in [4.78, 5) is 48.9. The zero-order valence-corrected chi connectivity index (χ0v) is 22.7. The molecule has 0 aromatic rings. The number of carbonyl (C=O) groups is 4. The second-order valence-electron chi connectivity index (χ2n) is 9.91. The minimum absolute atomic E-state index is 0.0480. The molecule has 0 aromatic heterocycles. The van der Waals surface area contributed by atoms with Crippen molar-refractivity contribution in [3.05, 3.63) is 12.2 Å². The van der Waals surface area contributed by atoms with Gasteiger partial charge in [0.25, 0.3) is 11.8 Å². The number of nitrogens with one attached hydrogen (secondary N) is 1. The van der Waals surface area contributed by atoms with Crippen molar-refractivity contribution in [2.75, 3.05) is 39.4 Å². The molecule has 18 nitrogen and oxygen atoms in total. The second kappa shape index (κ2) is 18.1. The van der Waals surface area contributed by atoms with Crippen LogP contribution >= 0.6 is 0 Å². The van der Waals surface area contributed by atoms with E-state index in [1.54, 1.807) is 0 Å². The maximum Gasteiger partial charge on any atom is 0.326 e. The lowest BCUT2D eigenvalue weighted by atomic mass is 10.0. The molecule has 3 amide bonds. The number of aliphatic hydroxyl groups is 10. The third-order valence-electron chi connectivity index (χ3n) is 6.59. The average Bonchev–Trinajstić information content (AvgIpc) is 3.27. The Morgan fingerprint density at radius 1 is 0.738 bits per heavy atom. The van der Waals surface area contributed by atoms with Gasteiger partial charge >= 0.3 is 5.97 Å². The van der Waals surface area contributed by atoms with E-state index >= 15 is 0 Å². The molecule has 0 bridgehead atoms. The summed E-state index contributed by atoms with van der Waals surface area (Å²) in [5.74, 6) is -3.74. The lowest BCUT2D eigenvalue weighted by Gasteiger charge is -2.33. The zero-order valence-electron chi connectivity index (χ0n) is 22.7. The van der Waals surface area contributed by atoms with Crippen LogP contribution in [0, 0.1) is 0 Å². The molecule has 1 aliphatic rings. The summed E-state index contributed by atoms with van der Waals surface area (Å²) in [5, 5.41) is 109. The maximum atomic E-state index is 12.2. The number of hydrogen-bond donors (Lipinski definition) is 12. The molecule has 0 unspecified atom stereocenters. The summed E-state index contributed by atoms with van der Waals surface area (Å²) in [6.07, 6.45) is -12.9. The molecule has 1 aliphatic heterocycles. The van der Waals surface area contributed by atoms with E-state index in [0.717, 1.165) is 12.2 Å². The van der Waals surface area contributed by atoms with Crippen LogP contribution in [0.5, 0.6) is 0 Å².